The van der Waals surface area contributed by atoms with E-state index in [1.165, 1.54) is 18.4 Å². The summed E-state index contributed by atoms with van der Waals surface area (Å²) in [5, 5.41) is 0. The van der Waals surface area contributed by atoms with Gasteiger partial charge in [-0.3, -0.25) is 0 Å². The molecule has 82 valence electrons. The van der Waals surface area contributed by atoms with Gasteiger partial charge >= 0.3 is 0 Å². The molecule has 3 nitrogen and oxygen atoms in total. The van der Waals surface area contributed by atoms with Crippen LogP contribution < -0.4 is 10.5 Å². The summed E-state index contributed by atoms with van der Waals surface area (Å²) in [7, 11) is 1.64. The minimum Gasteiger partial charge on any atom is -0.481 e. The Morgan fingerprint density at radius 2 is 2.00 bits per heavy atom. The van der Waals surface area contributed by atoms with Gasteiger partial charge in [0.15, 0.2) is 0 Å². The van der Waals surface area contributed by atoms with Crippen molar-refractivity contribution in [3.8, 4) is 5.88 Å². The van der Waals surface area contributed by atoms with Crippen molar-refractivity contribution in [2.24, 2.45) is 5.73 Å². The molecule has 1 saturated carbocycles. The molecule has 2 N–H and O–H groups in total. The van der Waals surface area contributed by atoms with Crippen molar-refractivity contribution in [3.63, 3.8) is 0 Å². The second-order valence-electron chi connectivity index (χ2n) is 4.40. The fourth-order valence-electron chi connectivity index (χ4n) is 2.32. The summed E-state index contributed by atoms with van der Waals surface area (Å²) in [5.74, 6) is 0.668. The van der Waals surface area contributed by atoms with Crippen LogP contribution in [0.1, 0.15) is 36.9 Å². The molecule has 1 aliphatic rings. The summed E-state index contributed by atoms with van der Waals surface area (Å²) in [6.45, 7) is 1.98. The molecule has 0 radical (unpaired) electrons. The lowest BCUT2D eigenvalue weighted by atomic mass is 9.89. The van der Waals surface area contributed by atoms with Crippen molar-refractivity contribution in [1.82, 2.24) is 4.98 Å². The zero-order valence-corrected chi connectivity index (χ0v) is 9.42. The van der Waals surface area contributed by atoms with E-state index in [1.807, 2.05) is 13.0 Å². The standard InChI is InChI=1S/C12H18N2O/c1-9-7-10(8-11(14-9)15-2)12(13)5-3-4-6-12/h7-8H,3-6,13H2,1-2H3. The van der Waals surface area contributed by atoms with Crippen LogP contribution in [-0.2, 0) is 5.54 Å². The van der Waals surface area contributed by atoms with Gasteiger partial charge in [0.1, 0.15) is 0 Å². The molecule has 2 rings (SSSR count). The normalized spacial score (nSPS) is 19.1. The fourth-order valence-corrected chi connectivity index (χ4v) is 2.32. The fraction of sp³-hybridized carbons (Fsp3) is 0.583. The average Bonchev–Trinajstić information content (AvgIpc) is 2.65. The lowest BCUT2D eigenvalue weighted by Gasteiger charge is -2.24. The van der Waals surface area contributed by atoms with E-state index in [2.05, 4.69) is 11.1 Å². The van der Waals surface area contributed by atoms with Crippen LogP contribution in [-0.4, -0.2) is 12.1 Å². The van der Waals surface area contributed by atoms with E-state index in [4.69, 9.17) is 10.5 Å². The number of nitrogens with two attached hydrogens (primary N) is 1. The van der Waals surface area contributed by atoms with Gasteiger partial charge in [0.2, 0.25) is 5.88 Å². The SMILES string of the molecule is COc1cc(C2(N)CCCC2)cc(C)n1. The van der Waals surface area contributed by atoms with E-state index >= 15 is 0 Å². The maximum absolute atomic E-state index is 6.39. The van der Waals surface area contributed by atoms with Crippen LogP contribution in [0, 0.1) is 6.92 Å². The van der Waals surface area contributed by atoms with Crippen LogP contribution in [0.3, 0.4) is 0 Å². The van der Waals surface area contributed by atoms with Crippen LogP contribution in [0.2, 0.25) is 0 Å². The van der Waals surface area contributed by atoms with Gasteiger partial charge in [0, 0.05) is 17.3 Å². The minimum absolute atomic E-state index is 0.152. The zero-order valence-electron chi connectivity index (χ0n) is 9.42. The largest absolute Gasteiger partial charge is 0.481 e. The van der Waals surface area contributed by atoms with Crippen molar-refractivity contribution in [3.05, 3.63) is 23.4 Å². The summed E-state index contributed by atoms with van der Waals surface area (Å²) in [6, 6.07) is 4.05. The van der Waals surface area contributed by atoms with Crippen LogP contribution in [0.5, 0.6) is 5.88 Å². The van der Waals surface area contributed by atoms with Crippen LogP contribution >= 0.6 is 0 Å². The number of hydrogen-bond acceptors (Lipinski definition) is 3. The lowest BCUT2D eigenvalue weighted by Crippen LogP contribution is -2.33. The zero-order chi connectivity index (χ0) is 10.9. The number of rotatable bonds is 2. The van der Waals surface area contributed by atoms with Gasteiger partial charge in [-0.15, -0.1) is 0 Å². The van der Waals surface area contributed by atoms with Crippen molar-refractivity contribution in [2.45, 2.75) is 38.1 Å². The second kappa shape index (κ2) is 3.81. The van der Waals surface area contributed by atoms with Crippen LogP contribution in [0.15, 0.2) is 12.1 Å². The Hall–Kier alpha value is -1.09. The quantitative estimate of drug-likeness (QED) is 0.806. The van der Waals surface area contributed by atoms with E-state index in [9.17, 15) is 0 Å². The van der Waals surface area contributed by atoms with Gasteiger partial charge in [-0.1, -0.05) is 12.8 Å². The van der Waals surface area contributed by atoms with E-state index in [1.54, 1.807) is 7.11 Å². The first-order valence-corrected chi connectivity index (χ1v) is 5.46. The van der Waals surface area contributed by atoms with Gasteiger partial charge in [0.25, 0.3) is 0 Å². The highest BCUT2D eigenvalue weighted by Gasteiger charge is 2.31. The van der Waals surface area contributed by atoms with Gasteiger partial charge < -0.3 is 10.5 Å². The number of ether oxygens (including phenoxy) is 1. The molecular formula is C12H18N2O. The molecule has 1 aromatic rings. The summed E-state index contributed by atoms with van der Waals surface area (Å²) < 4.78 is 5.17. The average molecular weight is 206 g/mol. The summed E-state index contributed by atoms with van der Waals surface area (Å²) >= 11 is 0. The molecule has 0 unspecified atom stereocenters. The minimum atomic E-state index is -0.152. The summed E-state index contributed by atoms with van der Waals surface area (Å²) in [4.78, 5) is 4.28. The number of aromatic nitrogens is 1. The third-order valence-corrected chi connectivity index (χ3v) is 3.21. The van der Waals surface area contributed by atoms with Gasteiger partial charge in [-0.2, -0.15) is 0 Å². The smallest absolute Gasteiger partial charge is 0.213 e. The molecule has 1 fully saturated rings. The first-order valence-electron chi connectivity index (χ1n) is 5.46. The second-order valence-corrected chi connectivity index (χ2v) is 4.40. The molecule has 0 aliphatic heterocycles. The van der Waals surface area contributed by atoms with Crippen LogP contribution in [0.25, 0.3) is 0 Å². The molecular weight excluding hydrogens is 188 g/mol. The van der Waals surface area contributed by atoms with Gasteiger partial charge in [-0.05, 0) is 31.4 Å². The van der Waals surface area contributed by atoms with Crippen molar-refractivity contribution < 1.29 is 4.74 Å². The van der Waals surface area contributed by atoms with Gasteiger partial charge in [0.05, 0.1) is 7.11 Å². The van der Waals surface area contributed by atoms with Crippen molar-refractivity contribution in [1.29, 1.82) is 0 Å². The number of methoxy groups -OCH3 is 1. The van der Waals surface area contributed by atoms with E-state index in [0.717, 1.165) is 18.5 Å². The summed E-state index contributed by atoms with van der Waals surface area (Å²) in [6.07, 6.45) is 4.58. The Balaban J connectivity index is 2.38. The van der Waals surface area contributed by atoms with Crippen molar-refractivity contribution in [2.75, 3.05) is 7.11 Å². The van der Waals surface area contributed by atoms with E-state index < -0.39 is 0 Å². The van der Waals surface area contributed by atoms with E-state index in [0.29, 0.717) is 5.88 Å². The number of nitrogens with zero attached hydrogens (tertiary/aromatic N) is 1. The Labute approximate surface area is 90.7 Å². The topological polar surface area (TPSA) is 48.1 Å². The van der Waals surface area contributed by atoms with E-state index in [-0.39, 0.29) is 5.54 Å². The summed E-state index contributed by atoms with van der Waals surface area (Å²) in [5.41, 5.74) is 8.38. The molecule has 0 spiro atoms. The number of aryl methyl sites for hydroxylation is 1. The Morgan fingerprint density at radius 1 is 1.33 bits per heavy atom. The third kappa shape index (κ3) is 1.97. The molecule has 0 atom stereocenters. The number of hydrogen-bond donors (Lipinski definition) is 1. The molecule has 0 aromatic carbocycles. The molecule has 0 amide bonds. The molecule has 1 aliphatic carbocycles. The number of pyridine rings is 1. The Bertz CT molecular complexity index is 357. The molecule has 0 saturated heterocycles. The highest BCUT2D eigenvalue weighted by Crippen LogP contribution is 2.37. The predicted molar refractivity (Wildman–Crippen MR) is 59.9 cm³/mol. The molecule has 1 aromatic heterocycles. The maximum atomic E-state index is 6.39. The first-order chi connectivity index (χ1) is 7.14. The molecule has 0 bridgehead atoms. The van der Waals surface area contributed by atoms with Crippen molar-refractivity contribution >= 4 is 0 Å². The molecule has 1 heterocycles. The highest BCUT2D eigenvalue weighted by atomic mass is 16.5. The first kappa shape index (κ1) is 10.4. The third-order valence-electron chi connectivity index (χ3n) is 3.21. The Kier molecular flexibility index (Phi) is 2.65. The lowest BCUT2D eigenvalue weighted by molar-refractivity contribution is 0.391. The molecule has 3 heteroatoms. The molecule has 15 heavy (non-hydrogen) atoms. The monoisotopic (exact) mass is 206 g/mol. The van der Waals surface area contributed by atoms with Crippen LogP contribution in [0.4, 0.5) is 0 Å². The predicted octanol–water partition coefficient (Wildman–Crippen LogP) is 2.13. The highest BCUT2D eigenvalue weighted by molar-refractivity contribution is 5.31. The maximum Gasteiger partial charge on any atom is 0.213 e. The van der Waals surface area contributed by atoms with Gasteiger partial charge in [-0.25, -0.2) is 4.98 Å². The Morgan fingerprint density at radius 3 is 2.60 bits per heavy atom.